The van der Waals surface area contributed by atoms with Crippen molar-refractivity contribution in [1.82, 2.24) is 4.98 Å². The van der Waals surface area contributed by atoms with E-state index in [0.717, 1.165) is 10.9 Å². The van der Waals surface area contributed by atoms with Crippen LogP contribution in [0.15, 0.2) is 24.3 Å². The zero-order chi connectivity index (χ0) is 11.7. The van der Waals surface area contributed by atoms with E-state index in [1.165, 1.54) is 0 Å². The predicted octanol–water partition coefficient (Wildman–Crippen LogP) is 1.86. The summed E-state index contributed by atoms with van der Waals surface area (Å²) in [4.78, 5) is 25.3. The topological polar surface area (TPSA) is 76.0 Å². The third kappa shape index (κ3) is 1.69. The molecule has 16 heavy (non-hydrogen) atoms. The number of H-pyrrole nitrogens is 1. The van der Waals surface area contributed by atoms with E-state index in [4.69, 9.17) is 5.73 Å². The van der Waals surface area contributed by atoms with E-state index in [9.17, 15) is 9.59 Å². The van der Waals surface area contributed by atoms with E-state index in [1.807, 2.05) is 6.92 Å². The van der Waals surface area contributed by atoms with Crippen molar-refractivity contribution < 1.29 is 9.59 Å². The number of aromatic nitrogens is 1. The van der Waals surface area contributed by atoms with E-state index < -0.39 is 5.91 Å². The van der Waals surface area contributed by atoms with Crippen molar-refractivity contribution in [3.05, 3.63) is 35.5 Å². The maximum absolute atomic E-state index is 11.5. The molecule has 82 valence electrons. The number of hydrogen-bond acceptors (Lipinski definition) is 2. The molecule has 0 saturated carbocycles. The monoisotopic (exact) mass is 216 g/mol. The van der Waals surface area contributed by atoms with Gasteiger partial charge < -0.3 is 10.7 Å². The van der Waals surface area contributed by atoms with Crippen molar-refractivity contribution in [3.8, 4) is 0 Å². The molecule has 0 aliphatic rings. The molecular weight excluding hydrogens is 204 g/mol. The number of fused-ring (bicyclic) bond motifs is 1. The SMILES string of the molecule is CCC(=O)c1ccc2cc(C(N)=O)[nH]c2c1. The Hall–Kier alpha value is -2.10. The number of nitrogens with two attached hydrogens (primary N) is 1. The van der Waals surface area contributed by atoms with Crippen LogP contribution in [0, 0.1) is 0 Å². The molecule has 4 heteroatoms. The lowest BCUT2D eigenvalue weighted by Crippen LogP contribution is -2.10. The molecule has 0 fully saturated rings. The Labute approximate surface area is 92.4 Å². The Morgan fingerprint density at radius 2 is 2.06 bits per heavy atom. The van der Waals surface area contributed by atoms with Gasteiger partial charge in [0.2, 0.25) is 0 Å². The first-order valence-corrected chi connectivity index (χ1v) is 5.07. The molecule has 0 unspecified atom stereocenters. The van der Waals surface area contributed by atoms with Gasteiger partial charge in [-0.15, -0.1) is 0 Å². The van der Waals surface area contributed by atoms with Crippen molar-refractivity contribution in [2.75, 3.05) is 0 Å². The number of nitrogens with one attached hydrogen (secondary N) is 1. The normalized spacial score (nSPS) is 10.6. The van der Waals surface area contributed by atoms with Crippen LogP contribution >= 0.6 is 0 Å². The molecule has 0 radical (unpaired) electrons. The van der Waals surface area contributed by atoms with Crippen molar-refractivity contribution in [3.63, 3.8) is 0 Å². The number of hydrogen-bond donors (Lipinski definition) is 2. The second-order valence-corrected chi connectivity index (χ2v) is 3.63. The molecule has 4 nitrogen and oxygen atoms in total. The van der Waals surface area contributed by atoms with Gasteiger partial charge in [-0.3, -0.25) is 9.59 Å². The second kappa shape index (κ2) is 3.81. The smallest absolute Gasteiger partial charge is 0.265 e. The Bertz CT molecular complexity index is 569. The third-order valence-electron chi connectivity index (χ3n) is 2.53. The lowest BCUT2D eigenvalue weighted by molar-refractivity contribution is 0.0983. The van der Waals surface area contributed by atoms with Gasteiger partial charge in [-0.25, -0.2) is 0 Å². The third-order valence-corrected chi connectivity index (χ3v) is 2.53. The highest BCUT2D eigenvalue weighted by Crippen LogP contribution is 2.17. The molecule has 1 aromatic carbocycles. The summed E-state index contributed by atoms with van der Waals surface area (Å²) >= 11 is 0. The van der Waals surface area contributed by atoms with Gasteiger partial charge in [0.25, 0.3) is 5.91 Å². The number of ketones is 1. The molecule has 0 atom stereocenters. The molecule has 0 aliphatic carbocycles. The Balaban J connectivity index is 2.53. The quantitative estimate of drug-likeness (QED) is 0.768. The van der Waals surface area contributed by atoms with Crippen molar-refractivity contribution >= 4 is 22.6 Å². The summed E-state index contributed by atoms with van der Waals surface area (Å²) in [7, 11) is 0. The number of benzene rings is 1. The van der Waals surface area contributed by atoms with Crippen molar-refractivity contribution in [2.24, 2.45) is 5.73 Å². The van der Waals surface area contributed by atoms with Gasteiger partial charge in [-0.1, -0.05) is 19.1 Å². The predicted molar refractivity (Wildman–Crippen MR) is 61.4 cm³/mol. The van der Waals surface area contributed by atoms with Gasteiger partial charge in [-0.2, -0.15) is 0 Å². The highest BCUT2D eigenvalue weighted by Gasteiger charge is 2.08. The summed E-state index contributed by atoms with van der Waals surface area (Å²) in [6, 6.07) is 6.99. The highest BCUT2D eigenvalue weighted by molar-refractivity contribution is 6.01. The number of amides is 1. The van der Waals surface area contributed by atoms with Crippen LogP contribution in [0.5, 0.6) is 0 Å². The molecule has 1 amide bonds. The first kappa shape index (κ1) is 10.4. The molecule has 0 saturated heterocycles. The number of carbonyl (C=O) groups is 2. The molecule has 2 rings (SSSR count). The number of aromatic amines is 1. The van der Waals surface area contributed by atoms with Crippen molar-refractivity contribution in [1.29, 1.82) is 0 Å². The van der Waals surface area contributed by atoms with E-state index in [0.29, 0.717) is 17.7 Å². The Morgan fingerprint density at radius 1 is 1.31 bits per heavy atom. The fourth-order valence-corrected chi connectivity index (χ4v) is 1.64. The minimum atomic E-state index is -0.500. The molecule has 0 bridgehead atoms. The first-order valence-electron chi connectivity index (χ1n) is 5.07. The van der Waals surface area contributed by atoms with E-state index in [2.05, 4.69) is 4.98 Å². The average Bonchev–Trinajstić information content (AvgIpc) is 2.70. The number of primary amides is 1. The zero-order valence-electron chi connectivity index (χ0n) is 8.91. The van der Waals surface area contributed by atoms with Gasteiger partial charge >= 0.3 is 0 Å². The maximum atomic E-state index is 11.5. The number of rotatable bonds is 3. The molecular formula is C12H12N2O2. The van der Waals surface area contributed by atoms with Crippen molar-refractivity contribution in [2.45, 2.75) is 13.3 Å². The molecule has 2 aromatic rings. The van der Waals surface area contributed by atoms with E-state index in [-0.39, 0.29) is 5.78 Å². The fraction of sp³-hybridized carbons (Fsp3) is 0.167. The number of Topliss-reactive ketones (excluding diaryl/α,β-unsaturated/α-hetero) is 1. The van der Waals surface area contributed by atoms with Crippen LogP contribution in [0.3, 0.4) is 0 Å². The standard InChI is InChI=1S/C12H12N2O2/c1-2-11(15)8-4-3-7-5-10(12(13)16)14-9(7)6-8/h3-6,14H,2H2,1H3,(H2,13,16). The van der Waals surface area contributed by atoms with Gasteiger partial charge in [0.1, 0.15) is 5.69 Å². The molecule has 3 N–H and O–H groups in total. The molecule has 0 aliphatic heterocycles. The summed E-state index contributed by atoms with van der Waals surface area (Å²) in [5.41, 5.74) is 6.93. The van der Waals surface area contributed by atoms with Crippen LogP contribution in [0.2, 0.25) is 0 Å². The van der Waals surface area contributed by atoms with E-state index in [1.54, 1.807) is 24.3 Å². The van der Waals surface area contributed by atoms with Gasteiger partial charge in [0, 0.05) is 22.9 Å². The highest BCUT2D eigenvalue weighted by atomic mass is 16.1. The minimum Gasteiger partial charge on any atom is -0.364 e. The fourth-order valence-electron chi connectivity index (χ4n) is 1.64. The summed E-state index contributed by atoms with van der Waals surface area (Å²) in [5, 5.41) is 0.876. The molecule has 1 heterocycles. The van der Waals surface area contributed by atoms with Crippen LogP contribution in [0.25, 0.3) is 10.9 Å². The summed E-state index contributed by atoms with van der Waals surface area (Å²) in [5.74, 6) is -0.420. The Kier molecular flexibility index (Phi) is 2.48. The van der Waals surface area contributed by atoms with Crippen LogP contribution in [-0.4, -0.2) is 16.7 Å². The molecule has 1 aromatic heterocycles. The van der Waals surface area contributed by atoms with Gasteiger partial charge in [0.15, 0.2) is 5.78 Å². The van der Waals surface area contributed by atoms with Crippen LogP contribution in [0.1, 0.15) is 34.2 Å². The van der Waals surface area contributed by atoms with E-state index >= 15 is 0 Å². The maximum Gasteiger partial charge on any atom is 0.265 e. The second-order valence-electron chi connectivity index (χ2n) is 3.63. The summed E-state index contributed by atoms with van der Waals surface area (Å²) in [6.07, 6.45) is 0.467. The Morgan fingerprint density at radius 3 is 2.69 bits per heavy atom. The summed E-state index contributed by atoms with van der Waals surface area (Å²) < 4.78 is 0. The summed E-state index contributed by atoms with van der Waals surface area (Å²) in [6.45, 7) is 1.82. The largest absolute Gasteiger partial charge is 0.364 e. The first-order chi connectivity index (χ1) is 7.61. The number of carbonyl (C=O) groups excluding carboxylic acids is 2. The van der Waals surface area contributed by atoms with Crippen LogP contribution in [-0.2, 0) is 0 Å². The minimum absolute atomic E-state index is 0.0807. The lowest BCUT2D eigenvalue weighted by atomic mass is 10.1. The molecule has 0 spiro atoms. The van der Waals surface area contributed by atoms with Gasteiger partial charge in [0.05, 0.1) is 0 Å². The van der Waals surface area contributed by atoms with Crippen LogP contribution < -0.4 is 5.73 Å². The average molecular weight is 216 g/mol. The van der Waals surface area contributed by atoms with Crippen LogP contribution in [0.4, 0.5) is 0 Å². The zero-order valence-corrected chi connectivity index (χ0v) is 8.91. The lowest BCUT2D eigenvalue weighted by Gasteiger charge is -1.97. The van der Waals surface area contributed by atoms with Gasteiger partial charge in [-0.05, 0) is 12.1 Å².